The Morgan fingerprint density at radius 3 is 2.67 bits per heavy atom. The highest BCUT2D eigenvalue weighted by molar-refractivity contribution is 7.90. The van der Waals surface area contributed by atoms with Gasteiger partial charge in [0.05, 0.1) is 16.8 Å². The molecule has 1 aromatic carbocycles. The van der Waals surface area contributed by atoms with Crippen molar-refractivity contribution in [1.82, 2.24) is 9.78 Å². The molecule has 1 aromatic heterocycles. The molecule has 0 aliphatic carbocycles. The number of aromatic nitrogens is 2. The number of sulfone groups is 1. The summed E-state index contributed by atoms with van der Waals surface area (Å²) in [7, 11) is -1.59. The maximum Gasteiger partial charge on any atom is 0.182 e. The van der Waals surface area contributed by atoms with Crippen LogP contribution in [-0.4, -0.2) is 18.2 Å². The first-order valence-electron chi connectivity index (χ1n) is 5.45. The van der Waals surface area contributed by atoms with Crippen molar-refractivity contribution >= 4 is 15.5 Å². The summed E-state index contributed by atoms with van der Waals surface area (Å²) in [6.07, 6.45) is 3.25. The Hall–Kier alpha value is -1.82. The van der Waals surface area contributed by atoms with Crippen LogP contribution in [0.15, 0.2) is 35.5 Å². The highest BCUT2D eigenvalue weighted by atomic mass is 32.2. The average Bonchev–Trinajstić information content (AvgIpc) is 2.67. The van der Waals surface area contributed by atoms with Crippen LogP contribution in [0.1, 0.15) is 11.1 Å². The number of nitrogens with two attached hydrogens (primary N) is 1. The largest absolute Gasteiger partial charge is 0.399 e. The molecule has 0 unspecified atom stereocenters. The molecular weight excluding hydrogens is 250 g/mol. The SMILES string of the molecule is Cc1cc(S(=O)(=O)Cc2cnn(C)c2)ccc1N. The predicted octanol–water partition coefficient (Wildman–Crippen LogP) is 1.28. The molecule has 2 aromatic rings. The third kappa shape index (κ3) is 2.53. The first kappa shape index (κ1) is 12.6. The summed E-state index contributed by atoms with van der Waals surface area (Å²) in [4.78, 5) is 0.290. The van der Waals surface area contributed by atoms with Crippen molar-refractivity contribution in [2.45, 2.75) is 17.6 Å². The van der Waals surface area contributed by atoms with Gasteiger partial charge in [0.2, 0.25) is 0 Å². The van der Waals surface area contributed by atoms with E-state index in [1.807, 2.05) is 0 Å². The van der Waals surface area contributed by atoms with E-state index in [-0.39, 0.29) is 10.6 Å². The molecule has 0 aliphatic heterocycles. The second-order valence-electron chi connectivity index (χ2n) is 4.30. The van der Waals surface area contributed by atoms with Gasteiger partial charge >= 0.3 is 0 Å². The standard InChI is InChI=1S/C12H15N3O2S/c1-9-5-11(3-4-12(9)13)18(16,17)8-10-6-14-15(2)7-10/h3-7H,8,13H2,1-2H3. The Labute approximate surface area is 106 Å². The molecule has 0 amide bonds. The van der Waals surface area contributed by atoms with Gasteiger partial charge in [0, 0.05) is 24.5 Å². The number of aryl methyl sites for hydroxylation is 2. The Kier molecular flexibility index (Phi) is 3.13. The normalized spacial score (nSPS) is 11.7. The van der Waals surface area contributed by atoms with Gasteiger partial charge in [-0.2, -0.15) is 5.10 Å². The van der Waals surface area contributed by atoms with Crippen LogP contribution in [0.4, 0.5) is 5.69 Å². The van der Waals surface area contributed by atoms with E-state index in [4.69, 9.17) is 5.73 Å². The monoisotopic (exact) mass is 265 g/mol. The molecule has 0 fully saturated rings. The lowest BCUT2D eigenvalue weighted by molar-refractivity contribution is 0.595. The molecule has 0 saturated carbocycles. The molecule has 2 N–H and O–H groups in total. The summed E-state index contributed by atoms with van der Waals surface area (Å²) in [5.41, 5.74) is 7.71. The summed E-state index contributed by atoms with van der Waals surface area (Å²) in [5.74, 6) is -0.0514. The summed E-state index contributed by atoms with van der Waals surface area (Å²) >= 11 is 0. The Morgan fingerprint density at radius 2 is 2.11 bits per heavy atom. The van der Waals surface area contributed by atoms with Crippen molar-refractivity contribution in [3.63, 3.8) is 0 Å². The minimum Gasteiger partial charge on any atom is -0.399 e. The van der Waals surface area contributed by atoms with Crippen LogP contribution >= 0.6 is 0 Å². The number of benzene rings is 1. The van der Waals surface area contributed by atoms with Crippen LogP contribution in [0.3, 0.4) is 0 Å². The van der Waals surface area contributed by atoms with Crippen molar-refractivity contribution in [3.05, 3.63) is 41.7 Å². The predicted molar refractivity (Wildman–Crippen MR) is 69.7 cm³/mol. The van der Waals surface area contributed by atoms with Crippen LogP contribution in [-0.2, 0) is 22.6 Å². The summed E-state index contributed by atoms with van der Waals surface area (Å²) in [6.45, 7) is 1.79. The number of nitrogens with zero attached hydrogens (tertiary/aromatic N) is 2. The fraction of sp³-hybridized carbons (Fsp3) is 0.250. The third-order valence-corrected chi connectivity index (χ3v) is 4.40. The van der Waals surface area contributed by atoms with Crippen molar-refractivity contribution in [2.24, 2.45) is 7.05 Å². The first-order chi connectivity index (χ1) is 8.38. The molecule has 0 aliphatic rings. The van der Waals surface area contributed by atoms with Crippen molar-refractivity contribution in [2.75, 3.05) is 5.73 Å². The number of hydrogen-bond donors (Lipinski definition) is 1. The maximum atomic E-state index is 12.2. The van der Waals surface area contributed by atoms with Crippen LogP contribution in [0, 0.1) is 6.92 Å². The molecule has 2 rings (SSSR count). The minimum absolute atomic E-state index is 0.0514. The Bertz CT molecular complexity index is 674. The molecule has 6 heteroatoms. The Morgan fingerprint density at radius 1 is 1.39 bits per heavy atom. The topological polar surface area (TPSA) is 78.0 Å². The van der Waals surface area contributed by atoms with Crippen LogP contribution in [0.25, 0.3) is 0 Å². The van der Waals surface area contributed by atoms with Gasteiger partial charge in [0.25, 0.3) is 0 Å². The summed E-state index contributed by atoms with van der Waals surface area (Å²) in [5, 5.41) is 3.96. The average molecular weight is 265 g/mol. The van der Waals surface area contributed by atoms with E-state index >= 15 is 0 Å². The van der Waals surface area contributed by atoms with E-state index in [9.17, 15) is 8.42 Å². The van der Waals surface area contributed by atoms with Crippen LogP contribution < -0.4 is 5.73 Å². The second-order valence-corrected chi connectivity index (χ2v) is 6.29. The van der Waals surface area contributed by atoms with Crippen molar-refractivity contribution < 1.29 is 8.42 Å². The molecule has 0 spiro atoms. The molecular formula is C12H15N3O2S. The van der Waals surface area contributed by atoms with Crippen molar-refractivity contribution in [3.8, 4) is 0 Å². The van der Waals surface area contributed by atoms with Crippen LogP contribution in [0.5, 0.6) is 0 Å². The molecule has 5 nitrogen and oxygen atoms in total. The zero-order chi connectivity index (χ0) is 13.3. The van der Waals surface area contributed by atoms with Gasteiger partial charge in [0.15, 0.2) is 9.84 Å². The smallest absolute Gasteiger partial charge is 0.182 e. The number of anilines is 1. The highest BCUT2D eigenvalue weighted by Gasteiger charge is 2.16. The molecule has 96 valence electrons. The molecule has 0 radical (unpaired) electrons. The fourth-order valence-electron chi connectivity index (χ4n) is 1.69. The number of hydrogen-bond acceptors (Lipinski definition) is 4. The van der Waals surface area contributed by atoms with Gasteiger partial charge in [0.1, 0.15) is 0 Å². The van der Waals surface area contributed by atoms with E-state index in [0.717, 1.165) is 5.56 Å². The summed E-state index contributed by atoms with van der Waals surface area (Å²) < 4.78 is 26.0. The lowest BCUT2D eigenvalue weighted by Crippen LogP contribution is -2.05. The van der Waals surface area contributed by atoms with Gasteiger partial charge in [-0.3, -0.25) is 4.68 Å². The third-order valence-electron chi connectivity index (χ3n) is 2.72. The fourth-order valence-corrected chi connectivity index (χ4v) is 3.08. The number of nitrogen functional groups attached to an aromatic ring is 1. The van der Waals surface area contributed by atoms with Crippen LogP contribution in [0.2, 0.25) is 0 Å². The van der Waals surface area contributed by atoms with E-state index in [1.54, 1.807) is 43.2 Å². The lowest BCUT2D eigenvalue weighted by Gasteiger charge is -2.05. The quantitative estimate of drug-likeness (QED) is 0.848. The lowest BCUT2D eigenvalue weighted by atomic mass is 10.2. The van der Waals surface area contributed by atoms with E-state index in [2.05, 4.69) is 5.10 Å². The molecule has 1 heterocycles. The van der Waals surface area contributed by atoms with Crippen molar-refractivity contribution in [1.29, 1.82) is 0 Å². The molecule has 0 bridgehead atoms. The van der Waals surface area contributed by atoms with Gasteiger partial charge in [-0.05, 0) is 30.7 Å². The van der Waals surface area contributed by atoms with Gasteiger partial charge in [-0.15, -0.1) is 0 Å². The zero-order valence-corrected chi connectivity index (χ0v) is 11.1. The zero-order valence-electron chi connectivity index (χ0n) is 10.3. The molecule has 0 saturated heterocycles. The highest BCUT2D eigenvalue weighted by Crippen LogP contribution is 2.20. The van der Waals surface area contributed by atoms with E-state index in [1.165, 1.54) is 6.07 Å². The van der Waals surface area contributed by atoms with Gasteiger partial charge in [-0.25, -0.2) is 8.42 Å². The second kappa shape index (κ2) is 4.45. The van der Waals surface area contributed by atoms with Gasteiger partial charge < -0.3 is 5.73 Å². The minimum atomic E-state index is -3.35. The first-order valence-corrected chi connectivity index (χ1v) is 7.10. The molecule has 18 heavy (non-hydrogen) atoms. The van der Waals surface area contributed by atoms with E-state index < -0.39 is 9.84 Å². The van der Waals surface area contributed by atoms with Gasteiger partial charge in [-0.1, -0.05) is 0 Å². The summed E-state index contributed by atoms with van der Waals surface area (Å²) in [6, 6.07) is 4.75. The maximum absolute atomic E-state index is 12.2. The number of rotatable bonds is 3. The Balaban J connectivity index is 2.33. The van der Waals surface area contributed by atoms with E-state index in [0.29, 0.717) is 11.3 Å². The molecule has 0 atom stereocenters.